The largest absolute Gasteiger partial charge is 0.475 e. The first-order valence-corrected chi connectivity index (χ1v) is 5.72. The molecule has 5 nitrogen and oxygen atoms in total. The Labute approximate surface area is 97.8 Å². The Balaban J connectivity index is 1.97. The summed E-state index contributed by atoms with van der Waals surface area (Å²) in [5.41, 5.74) is 0.956. The van der Waals surface area contributed by atoms with E-state index in [1.54, 1.807) is 6.20 Å². The highest BCUT2D eigenvalue weighted by Gasteiger charge is 2.07. The lowest BCUT2D eigenvalue weighted by Crippen LogP contribution is -2.03. The van der Waals surface area contributed by atoms with Crippen LogP contribution in [0, 0.1) is 0 Å². The van der Waals surface area contributed by atoms with Gasteiger partial charge in [-0.05, 0) is 19.1 Å². The fourth-order valence-electron chi connectivity index (χ4n) is 1.20. The van der Waals surface area contributed by atoms with E-state index in [1.807, 2.05) is 25.1 Å². The molecule has 84 valence electrons. The second-order valence-corrected chi connectivity index (χ2v) is 3.55. The Morgan fingerprint density at radius 3 is 3.06 bits per heavy atom. The fourth-order valence-corrected chi connectivity index (χ4v) is 1.68. The van der Waals surface area contributed by atoms with Crippen LogP contribution in [0.15, 0.2) is 24.4 Å². The first-order chi connectivity index (χ1) is 7.90. The van der Waals surface area contributed by atoms with E-state index < -0.39 is 0 Å². The first-order valence-electron chi connectivity index (χ1n) is 4.99. The second-order valence-electron chi connectivity index (χ2n) is 3.03. The number of anilines is 1. The average molecular weight is 236 g/mol. The van der Waals surface area contributed by atoms with Gasteiger partial charge in [-0.3, -0.25) is 4.98 Å². The van der Waals surface area contributed by atoms with E-state index in [0.29, 0.717) is 24.8 Å². The minimum atomic E-state index is 0.559. The van der Waals surface area contributed by atoms with Gasteiger partial charge >= 0.3 is 0 Å². The maximum Gasteiger partial charge on any atom is 0.270 e. The summed E-state index contributed by atoms with van der Waals surface area (Å²) in [6.07, 6.45) is 1.76. The van der Waals surface area contributed by atoms with Crippen LogP contribution in [-0.4, -0.2) is 20.3 Å². The highest BCUT2D eigenvalue weighted by molar-refractivity contribution is 6.99. The van der Waals surface area contributed by atoms with E-state index in [9.17, 15) is 0 Å². The van der Waals surface area contributed by atoms with Crippen LogP contribution in [0.1, 0.15) is 12.6 Å². The summed E-state index contributed by atoms with van der Waals surface area (Å²) in [6, 6.07) is 5.79. The molecule has 0 atom stereocenters. The van der Waals surface area contributed by atoms with Crippen LogP contribution in [0.2, 0.25) is 0 Å². The van der Waals surface area contributed by atoms with E-state index in [2.05, 4.69) is 19.0 Å². The van der Waals surface area contributed by atoms with Gasteiger partial charge in [-0.15, -0.1) is 4.37 Å². The quantitative estimate of drug-likeness (QED) is 0.859. The Morgan fingerprint density at radius 1 is 1.38 bits per heavy atom. The Hall–Kier alpha value is -1.69. The van der Waals surface area contributed by atoms with Gasteiger partial charge in [0.2, 0.25) is 5.82 Å². The van der Waals surface area contributed by atoms with Gasteiger partial charge in [0.15, 0.2) is 0 Å². The molecular weight excluding hydrogens is 224 g/mol. The number of hydrogen-bond donors (Lipinski definition) is 1. The van der Waals surface area contributed by atoms with Crippen molar-refractivity contribution < 1.29 is 4.74 Å². The number of rotatable bonds is 5. The summed E-state index contributed by atoms with van der Waals surface area (Å²) in [5.74, 6) is 1.24. The van der Waals surface area contributed by atoms with Crippen molar-refractivity contribution in [2.75, 3.05) is 11.9 Å². The molecule has 2 heterocycles. The van der Waals surface area contributed by atoms with Crippen molar-refractivity contribution in [2.24, 2.45) is 0 Å². The third-order valence-corrected chi connectivity index (χ3v) is 2.41. The van der Waals surface area contributed by atoms with Gasteiger partial charge in [0.1, 0.15) is 0 Å². The van der Waals surface area contributed by atoms with Crippen molar-refractivity contribution in [1.29, 1.82) is 0 Å². The Morgan fingerprint density at radius 2 is 2.31 bits per heavy atom. The van der Waals surface area contributed by atoms with Crippen LogP contribution < -0.4 is 10.1 Å². The number of nitrogens with zero attached hydrogens (tertiary/aromatic N) is 3. The van der Waals surface area contributed by atoms with Crippen molar-refractivity contribution in [1.82, 2.24) is 13.7 Å². The Kier molecular flexibility index (Phi) is 3.66. The number of nitrogens with one attached hydrogen (secondary N) is 1. The summed E-state index contributed by atoms with van der Waals surface area (Å²) in [5, 5.41) is 3.14. The zero-order valence-electron chi connectivity index (χ0n) is 8.88. The molecule has 0 unspecified atom stereocenters. The van der Waals surface area contributed by atoms with Crippen LogP contribution in [0.5, 0.6) is 5.88 Å². The van der Waals surface area contributed by atoms with Crippen molar-refractivity contribution in [3.8, 4) is 5.88 Å². The third-order valence-electron chi connectivity index (χ3n) is 1.90. The van der Waals surface area contributed by atoms with Gasteiger partial charge in [-0.1, -0.05) is 6.07 Å². The second kappa shape index (κ2) is 5.41. The summed E-state index contributed by atoms with van der Waals surface area (Å²) < 4.78 is 13.5. The molecule has 6 heteroatoms. The minimum absolute atomic E-state index is 0.559. The molecule has 1 N–H and O–H groups in total. The van der Waals surface area contributed by atoms with E-state index in [1.165, 1.54) is 0 Å². The van der Waals surface area contributed by atoms with Crippen LogP contribution >= 0.6 is 11.7 Å². The molecule has 0 saturated carbocycles. The monoisotopic (exact) mass is 236 g/mol. The number of aromatic nitrogens is 3. The van der Waals surface area contributed by atoms with Gasteiger partial charge in [0, 0.05) is 6.20 Å². The van der Waals surface area contributed by atoms with E-state index >= 15 is 0 Å². The lowest BCUT2D eigenvalue weighted by molar-refractivity contribution is 0.331. The minimum Gasteiger partial charge on any atom is -0.475 e. The maximum atomic E-state index is 5.32. The van der Waals surface area contributed by atoms with Gasteiger partial charge < -0.3 is 10.1 Å². The standard InChI is InChI=1S/C10H12N4OS/c1-2-15-10-9(13-16-14-10)12-7-8-5-3-4-6-11-8/h3-6H,2,7H2,1H3,(H,12,13). The zero-order chi connectivity index (χ0) is 11.2. The molecule has 0 aliphatic carbocycles. The zero-order valence-corrected chi connectivity index (χ0v) is 9.70. The van der Waals surface area contributed by atoms with Gasteiger partial charge in [-0.2, -0.15) is 4.37 Å². The number of ether oxygens (including phenoxy) is 1. The molecule has 16 heavy (non-hydrogen) atoms. The molecule has 0 aliphatic heterocycles. The van der Waals surface area contributed by atoms with Crippen molar-refractivity contribution >= 4 is 17.5 Å². The highest BCUT2D eigenvalue weighted by atomic mass is 32.1. The van der Waals surface area contributed by atoms with Crippen LogP contribution in [-0.2, 0) is 6.54 Å². The summed E-state index contributed by atoms with van der Waals surface area (Å²) in [7, 11) is 0. The maximum absolute atomic E-state index is 5.32. The topological polar surface area (TPSA) is 59.9 Å². The van der Waals surface area contributed by atoms with E-state index in [4.69, 9.17) is 4.74 Å². The van der Waals surface area contributed by atoms with Gasteiger partial charge in [0.05, 0.1) is 30.6 Å². The third kappa shape index (κ3) is 2.66. The van der Waals surface area contributed by atoms with Crippen LogP contribution in [0.25, 0.3) is 0 Å². The summed E-state index contributed by atoms with van der Waals surface area (Å²) >= 11 is 1.13. The molecule has 0 amide bonds. The van der Waals surface area contributed by atoms with Crippen molar-refractivity contribution in [3.05, 3.63) is 30.1 Å². The number of pyridine rings is 1. The average Bonchev–Trinajstić information content (AvgIpc) is 2.76. The molecule has 0 saturated heterocycles. The molecule has 0 radical (unpaired) electrons. The SMILES string of the molecule is CCOc1nsnc1NCc1ccccn1. The first kappa shape index (κ1) is 10.8. The molecular formula is C10H12N4OS. The molecule has 2 rings (SSSR count). The highest BCUT2D eigenvalue weighted by Crippen LogP contribution is 2.21. The lowest BCUT2D eigenvalue weighted by Gasteiger charge is -2.04. The molecule has 0 spiro atoms. The molecule has 0 bridgehead atoms. The van der Waals surface area contributed by atoms with Gasteiger partial charge in [0.25, 0.3) is 5.88 Å². The predicted molar refractivity (Wildman–Crippen MR) is 62.6 cm³/mol. The number of hydrogen-bond acceptors (Lipinski definition) is 6. The molecule has 0 aliphatic rings. The Bertz CT molecular complexity index is 431. The molecule has 2 aromatic rings. The van der Waals surface area contributed by atoms with Crippen molar-refractivity contribution in [2.45, 2.75) is 13.5 Å². The summed E-state index contributed by atoms with van der Waals surface area (Å²) in [4.78, 5) is 4.21. The van der Waals surface area contributed by atoms with Gasteiger partial charge in [-0.25, -0.2) is 0 Å². The van der Waals surface area contributed by atoms with E-state index in [0.717, 1.165) is 17.4 Å². The molecule has 0 fully saturated rings. The normalized spacial score (nSPS) is 10.1. The predicted octanol–water partition coefficient (Wildman–Crippen LogP) is 1.94. The van der Waals surface area contributed by atoms with Crippen LogP contribution in [0.3, 0.4) is 0 Å². The lowest BCUT2D eigenvalue weighted by atomic mass is 10.3. The fraction of sp³-hybridized carbons (Fsp3) is 0.300. The van der Waals surface area contributed by atoms with E-state index in [-0.39, 0.29) is 0 Å². The van der Waals surface area contributed by atoms with Crippen molar-refractivity contribution in [3.63, 3.8) is 0 Å². The smallest absolute Gasteiger partial charge is 0.270 e. The van der Waals surface area contributed by atoms with Crippen LogP contribution in [0.4, 0.5) is 5.82 Å². The molecule has 2 aromatic heterocycles. The molecule has 0 aromatic carbocycles. The summed E-state index contributed by atoms with van der Waals surface area (Å²) in [6.45, 7) is 3.12.